The lowest BCUT2D eigenvalue weighted by Crippen LogP contribution is -2.48. The van der Waals surface area contributed by atoms with Crippen molar-refractivity contribution in [3.63, 3.8) is 0 Å². The van der Waals surface area contributed by atoms with Gasteiger partial charge in [0.15, 0.2) is 5.96 Å². The van der Waals surface area contributed by atoms with Crippen molar-refractivity contribution in [3.8, 4) is 0 Å². The zero-order chi connectivity index (χ0) is 16.8. The molecule has 140 valence electrons. The van der Waals surface area contributed by atoms with E-state index in [2.05, 4.69) is 52.5 Å². The second-order valence-electron chi connectivity index (χ2n) is 6.64. The third-order valence-electron chi connectivity index (χ3n) is 4.81. The number of likely N-dealkylation sites (tertiary alicyclic amines) is 1. The molecule has 1 saturated heterocycles. The molecule has 4 nitrogen and oxygen atoms in total. The first-order valence-electron chi connectivity index (χ1n) is 9.06. The summed E-state index contributed by atoms with van der Waals surface area (Å²) >= 11 is 2.01. The zero-order valence-corrected chi connectivity index (χ0v) is 18.4. The summed E-state index contributed by atoms with van der Waals surface area (Å²) < 4.78 is 6.09. The molecule has 3 rings (SSSR count). The molecular formula is C19H30IN3OS. The van der Waals surface area contributed by atoms with Gasteiger partial charge in [0.2, 0.25) is 0 Å². The number of guanidine groups is 1. The van der Waals surface area contributed by atoms with Crippen LogP contribution in [-0.4, -0.2) is 55.0 Å². The molecule has 1 aromatic carbocycles. The first-order chi connectivity index (χ1) is 11.7. The van der Waals surface area contributed by atoms with Gasteiger partial charge in [-0.1, -0.05) is 18.2 Å². The van der Waals surface area contributed by atoms with E-state index >= 15 is 0 Å². The zero-order valence-electron chi connectivity index (χ0n) is 15.2. The highest BCUT2D eigenvalue weighted by Crippen LogP contribution is 2.51. The number of hydrogen-bond acceptors (Lipinski definition) is 3. The van der Waals surface area contributed by atoms with Crippen molar-refractivity contribution in [2.24, 2.45) is 4.99 Å². The van der Waals surface area contributed by atoms with Crippen molar-refractivity contribution < 1.29 is 4.74 Å². The third kappa shape index (κ3) is 6.03. The largest absolute Gasteiger partial charge is 0.378 e. The van der Waals surface area contributed by atoms with Gasteiger partial charge < -0.3 is 15.0 Å². The van der Waals surface area contributed by atoms with Crippen LogP contribution >= 0.6 is 35.7 Å². The Morgan fingerprint density at radius 3 is 2.52 bits per heavy atom. The Labute approximate surface area is 173 Å². The van der Waals surface area contributed by atoms with Crippen molar-refractivity contribution in [1.29, 1.82) is 0 Å². The van der Waals surface area contributed by atoms with Crippen molar-refractivity contribution in [1.82, 2.24) is 10.2 Å². The minimum Gasteiger partial charge on any atom is -0.378 e. The molecule has 2 fully saturated rings. The fourth-order valence-corrected chi connectivity index (χ4v) is 4.48. The van der Waals surface area contributed by atoms with Crippen LogP contribution in [0.5, 0.6) is 0 Å². The van der Waals surface area contributed by atoms with E-state index < -0.39 is 0 Å². The number of aliphatic imine (C=N–C) groups is 1. The van der Waals surface area contributed by atoms with E-state index in [1.165, 1.54) is 17.7 Å². The molecule has 0 unspecified atom stereocenters. The molecule has 1 heterocycles. The molecule has 1 aliphatic carbocycles. The van der Waals surface area contributed by atoms with Crippen LogP contribution in [-0.2, 0) is 4.74 Å². The fraction of sp³-hybridized carbons (Fsp3) is 0.632. The number of ether oxygens (including phenoxy) is 1. The predicted molar refractivity (Wildman–Crippen MR) is 117 cm³/mol. The van der Waals surface area contributed by atoms with Crippen LogP contribution in [0.3, 0.4) is 0 Å². The monoisotopic (exact) mass is 475 g/mol. The summed E-state index contributed by atoms with van der Waals surface area (Å²) in [5.74, 6) is 1.05. The smallest absolute Gasteiger partial charge is 0.193 e. The fourth-order valence-electron chi connectivity index (χ4n) is 3.24. The Bertz CT molecular complexity index is 543. The maximum atomic E-state index is 5.74. The van der Waals surface area contributed by atoms with Gasteiger partial charge in [0.25, 0.3) is 0 Å². The molecule has 1 saturated carbocycles. The summed E-state index contributed by atoms with van der Waals surface area (Å²) in [5, 5.41) is 3.62. The molecule has 0 bridgehead atoms. The lowest BCUT2D eigenvalue weighted by molar-refractivity contribution is 0.0264. The van der Waals surface area contributed by atoms with Gasteiger partial charge in [-0.15, -0.1) is 35.7 Å². The number of nitrogens with zero attached hydrogens (tertiary/aromatic N) is 2. The van der Waals surface area contributed by atoms with Crippen LogP contribution in [0.2, 0.25) is 0 Å². The molecule has 0 aromatic heterocycles. The molecule has 1 aromatic rings. The quantitative estimate of drug-likeness (QED) is 0.384. The summed E-state index contributed by atoms with van der Waals surface area (Å²) in [6, 6.07) is 10.7. The standard InChI is InChI=1S/C19H29N3OS.HI/c1-3-23-16-9-13-22(14-10-16)18(20-2)21-15-19(11-12-19)24-17-7-5-4-6-8-17;/h4-8,16H,3,9-15H2,1-2H3,(H,20,21);1H. The number of thioether (sulfide) groups is 1. The highest BCUT2D eigenvalue weighted by atomic mass is 127. The second-order valence-corrected chi connectivity index (χ2v) is 8.18. The van der Waals surface area contributed by atoms with Crippen LogP contribution in [0.15, 0.2) is 40.2 Å². The van der Waals surface area contributed by atoms with E-state index in [0.29, 0.717) is 10.9 Å². The Morgan fingerprint density at radius 2 is 1.96 bits per heavy atom. The molecule has 0 spiro atoms. The number of benzene rings is 1. The van der Waals surface area contributed by atoms with E-state index in [0.717, 1.165) is 45.0 Å². The SMILES string of the molecule is CCOC1CCN(C(=NC)NCC2(Sc3ccccc3)CC2)CC1.I. The highest BCUT2D eigenvalue weighted by Gasteiger charge is 2.44. The average molecular weight is 475 g/mol. The van der Waals surface area contributed by atoms with Crippen molar-refractivity contribution in [2.45, 2.75) is 48.4 Å². The normalized spacial score (nSPS) is 20.1. The van der Waals surface area contributed by atoms with Crippen LogP contribution in [0.25, 0.3) is 0 Å². The molecular weight excluding hydrogens is 445 g/mol. The van der Waals surface area contributed by atoms with Gasteiger partial charge in [0, 0.05) is 42.9 Å². The van der Waals surface area contributed by atoms with Crippen LogP contribution in [0.1, 0.15) is 32.6 Å². The minimum atomic E-state index is 0. The first-order valence-corrected chi connectivity index (χ1v) is 9.87. The van der Waals surface area contributed by atoms with Crippen molar-refractivity contribution >= 4 is 41.7 Å². The number of piperidine rings is 1. The Hall–Kier alpha value is -0.470. The molecule has 6 heteroatoms. The first kappa shape index (κ1) is 20.8. The lowest BCUT2D eigenvalue weighted by atomic mass is 10.1. The number of rotatable bonds is 6. The lowest BCUT2D eigenvalue weighted by Gasteiger charge is -2.34. The highest BCUT2D eigenvalue weighted by molar-refractivity contribution is 14.0. The van der Waals surface area contributed by atoms with Gasteiger partial charge in [0.05, 0.1) is 6.10 Å². The van der Waals surface area contributed by atoms with E-state index in [4.69, 9.17) is 4.74 Å². The maximum Gasteiger partial charge on any atom is 0.193 e. The predicted octanol–water partition coefficient (Wildman–Crippen LogP) is 4.01. The molecule has 25 heavy (non-hydrogen) atoms. The Morgan fingerprint density at radius 1 is 1.28 bits per heavy atom. The van der Waals surface area contributed by atoms with E-state index in [1.807, 2.05) is 18.8 Å². The molecule has 0 amide bonds. The summed E-state index contributed by atoms with van der Waals surface area (Å²) in [7, 11) is 1.89. The number of hydrogen-bond donors (Lipinski definition) is 1. The van der Waals surface area contributed by atoms with Crippen LogP contribution in [0.4, 0.5) is 0 Å². The van der Waals surface area contributed by atoms with Gasteiger partial charge in [0.1, 0.15) is 0 Å². The molecule has 1 N–H and O–H groups in total. The van der Waals surface area contributed by atoms with Gasteiger partial charge in [-0.25, -0.2) is 0 Å². The third-order valence-corrected chi connectivity index (χ3v) is 6.30. The van der Waals surface area contributed by atoms with Gasteiger partial charge in [-0.05, 0) is 44.7 Å². The summed E-state index contributed by atoms with van der Waals surface area (Å²) in [6.45, 7) is 5.94. The topological polar surface area (TPSA) is 36.9 Å². The molecule has 0 radical (unpaired) electrons. The van der Waals surface area contributed by atoms with E-state index in [-0.39, 0.29) is 24.0 Å². The Kier molecular flexibility index (Phi) is 8.35. The number of halogens is 1. The van der Waals surface area contributed by atoms with E-state index in [1.54, 1.807) is 0 Å². The molecule has 1 aliphatic heterocycles. The molecule has 0 atom stereocenters. The summed E-state index contributed by atoms with van der Waals surface area (Å²) in [4.78, 5) is 8.24. The summed E-state index contributed by atoms with van der Waals surface area (Å²) in [5.41, 5.74) is 0. The van der Waals surface area contributed by atoms with Crippen LogP contribution in [0, 0.1) is 0 Å². The second kappa shape index (κ2) is 10.0. The average Bonchev–Trinajstić information content (AvgIpc) is 3.37. The van der Waals surface area contributed by atoms with Crippen molar-refractivity contribution in [2.75, 3.05) is 33.3 Å². The van der Waals surface area contributed by atoms with Gasteiger partial charge >= 0.3 is 0 Å². The summed E-state index contributed by atoms with van der Waals surface area (Å²) in [6.07, 6.45) is 5.18. The minimum absolute atomic E-state index is 0. The van der Waals surface area contributed by atoms with E-state index in [9.17, 15) is 0 Å². The number of nitrogens with one attached hydrogen (secondary N) is 1. The van der Waals surface area contributed by atoms with Gasteiger partial charge in [-0.3, -0.25) is 4.99 Å². The Balaban J connectivity index is 0.00000225. The van der Waals surface area contributed by atoms with Gasteiger partial charge in [-0.2, -0.15) is 0 Å². The maximum absolute atomic E-state index is 5.74. The van der Waals surface area contributed by atoms with Crippen LogP contribution < -0.4 is 5.32 Å². The van der Waals surface area contributed by atoms with Crippen molar-refractivity contribution in [3.05, 3.63) is 30.3 Å². The molecule has 2 aliphatic rings.